The molecule has 0 saturated heterocycles. The average Bonchev–Trinajstić information content (AvgIpc) is 2.90. The number of thiazole rings is 1. The summed E-state index contributed by atoms with van der Waals surface area (Å²) in [5.41, 5.74) is 2.51. The van der Waals surface area contributed by atoms with Crippen LogP contribution in [0.4, 0.5) is 5.69 Å². The van der Waals surface area contributed by atoms with Crippen LogP contribution in [0.25, 0.3) is 0 Å². The Morgan fingerprint density at radius 2 is 2.18 bits per heavy atom. The monoisotopic (exact) mass is 318 g/mol. The van der Waals surface area contributed by atoms with E-state index in [0.29, 0.717) is 11.4 Å². The van der Waals surface area contributed by atoms with Gasteiger partial charge in [0.05, 0.1) is 17.1 Å². The minimum absolute atomic E-state index is 0.0862. The Kier molecular flexibility index (Phi) is 5.66. The zero-order chi connectivity index (χ0) is 15.9. The molecule has 1 aromatic carbocycles. The van der Waals surface area contributed by atoms with E-state index in [4.69, 9.17) is 4.74 Å². The molecule has 0 fully saturated rings. The van der Waals surface area contributed by atoms with Crippen molar-refractivity contribution in [1.82, 2.24) is 4.98 Å². The van der Waals surface area contributed by atoms with Crippen LogP contribution in [0, 0.1) is 6.92 Å². The van der Waals surface area contributed by atoms with Gasteiger partial charge in [-0.2, -0.15) is 0 Å². The van der Waals surface area contributed by atoms with Gasteiger partial charge in [0, 0.05) is 11.1 Å². The maximum atomic E-state index is 11.8. The summed E-state index contributed by atoms with van der Waals surface area (Å²) in [5, 5.41) is 5.42. The molecule has 0 aliphatic carbocycles. The number of hydrogen-bond acceptors (Lipinski definition) is 5. The Bertz CT molecular complexity index is 667. The number of nitrogens with zero attached hydrogens (tertiary/aromatic N) is 1. The lowest BCUT2D eigenvalue weighted by Crippen LogP contribution is -2.21. The van der Waals surface area contributed by atoms with Crippen molar-refractivity contribution >= 4 is 28.9 Å². The number of nitrogens with one attached hydrogen (secondary N) is 1. The number of carbonyl (C=O) groups is 2. The molecule has 0 atom stereocenters. The van der Waals surface area contributed by atoms with Gasteiger partial charge in [-0.15, -0.1) is 11.3 Å². The summed E-state index contributed by atoms with van der Waals surface area (Å²) in [5.74, 6) is -0.807. The minimum Gasteiger partial charge on any atom is -0.455 e. The highest BCUT2D eigenvalue weighted by atomic mass is 32.1. The van der Waals surface area contributed by atoms with Crippen molar-refractivity contribution in [3.63, 3.8) is 0 Å². The average molecular weight is 318 g/mol. The van der Waals surface area contributed by atoms with E-state index in [1.54, 1.807) is 6.07 Å². The van der Waals surface area contributed by atoms with Gasteiger partial charge >= 0.3 is 5.97 Å². The van der Waals surface area contributed by atoms with Crippen molar-refractivity contribution in [1.29, 1.82) is 0 Å². The summed E-state index contributed by atoms with van der Waals surface area (Å²) in [6.45, 7) is 3.62. The molecule has 1 aromatic heterocycles. The fourth-order valence-electron chi connectivity index (χ4n) is 1.90. The lowest BCUT2D eigenvalue weighted by Gasteiger charge is -2.07. The Balaban J connectivity index is 1.78. The van der Waals surface area contributed by atoms with Crippen LogP contribution in [0.3, 0.4) is 0 Å². The number of hydrogen-bond donors (Lipinski definition) is 1. The molecule has 0 aliphatic heterocycles. The lowest BCUT2D eigenvalue weighted by atomic mass is 10.1. The molecule has 2 rings (SSSR count). The maximum Gasteiger partial charge on any atom is 0.312 e. The van der Waals surface area contributed by atoms with E-state index < -0.39 is 5.97 Å². The molecule has 6 heteroatoms. The molecule has 0 radical (unpaired) electrons. The molecule has 0 bridgehead atoms. The molecule has 1 amide bonds. The first-order chi connectivity index (χ1) is 10.6. The highest BCUT2D eigenvalue weighted by Crippen LogP contribution is 2.11. The van der Waals surface area contributed by atoms with Crippen molar-refractivity contribution < 1.29 is 14.3 Å². The SMILES string of the molecule is CCc1cccc(NC(=O)COC(=O)Cc2csc(C)n2)c1. The molecule has 0 unspecified atom stereocenters. The Morgan fingerprint density at radius 1 is 1.36 bits per heavy atom. The summed E-state index contributed by atoms with van der Waals surface area (Å²) in [6, 6.07) is 7.57. The summed E-state index contributed by atoms with van der Waals surface area (Å²) in [4.78, 5) is 27.6. The smallest absolute Gasteiger partial charge is 0.312 e. The molecule has 1 N–H and O–H groups in total. The largest absolute Gasteiger partial charge is 0.455 e. The van der Waals surface area contributed by atoms with Crippen LogP contribution in [0.15, 0.2) is 29.6 Å². The highest BCUT2D eigenvalue weighted by molar-refractivity contribution is 7.09. The number of rotatable bonds is 6. The van der Waals surface area contributed by atoms with E-state index in [2.05, 4.69) is 10.3 Å². The number of anilines is 1. The fourth-order valence-corrected chi connectivity index (χ4v) is 2.51. The van der Waals surface area contributed by atoms with Crippen LogP contribution >= 0.6 is 11.3 Å². The van der Waals surface area contributed by atoms with Gasteiger partial charge in [-0.1, -0.05) is 19.1 Å². The topological polar surface area (TPSA) is 68.3 Å². The van der Waals surface area contributed by atoms with E-state index >= 15 is 0 Å². The number of carbonyl (C=O) groups excluding carboxylic acids is 2. The second kappa shape index (κ2) is 7.70. The third-order valence-corrected chi connectivity index (χ3v) is 3.80. The molecular formula is C16H18N2O3S. The maximum absolute atomic E-state index is 11.8. The van der Waals surface area contributed by atoms with Gasteiger partial charge in [-0.3, -0.25) is 9.59 Å². The summed E-state index contributed by atoms with van der Waals surface area (Å²) in [6.07, 6.45) is 0.981. The van der Waals surface area contributed by atoms with E-state index in [1.165, 1.54) is 11.3 Å². The molecule has 1 heterocycles. The highest BCUT2D eigenvalue weighted by Gasteiger charge is 2.10. The number of esters is 1. The van der Waals surface area contributed by atoms with E-state index in [9.17, 15) is 9.59 Å². The van der Waals surface area contributed by atoms with Crippen LogP contribution in [-0.2, 0) is 27.2 Å². The summed E-state index contributed by atoms with van der Waals surface area (Å²) in [7, 11) is 0. The standard InChI is InChI=1S/C16H18N2O3S/c1-3-12-5-4-6-13(7-12)18-15(19)9-21-16(20)8-14-10-22-11(2)17-14/h4-7,10H,3,8-9H2,1-2H3,(H,18,19). The van der Waals surface area contributed by atoms with Crippen LogP contribution in [-0.4, -0.2) is 23.5 Å². The molecular weight excluding hydrogens is 300 g/mol. The Morgan fingerprint density at radius 3 is 2.86 bits per heavy atom. The molecule has 22 heavy (non-hydrogen) atoms. The lowest BCUT2D eigenvalue weighted by molar-refractivity contribution is -0.146. The Hall–Kier alpha value is -2.21. The number of benzene rings is 1. The predicted molar refractivity (Wildman–Crippen MR) is 86.0 cm³/mol. The number of ether oxygens (including phenoxy) is 1. The van der Waals surface area contributed by atoms with E-state index in [1.807, 2.05) is 37.4 Å². The van der Waals surface area contributed by atoms with Gasteiger partial charge in [0.1, 0.15) is 0 Å². The van der Waals surface area contributed by atoms with Crippen molar-refractivity contribution in [2.24, 2.45) is 0 Å². The normalized spacial score (nSPS) is 10.3. The molecule has 2 aromatic rings. The van der Waals surface area contributed by atoms with Gasteiger partial charge in [-0.05, 0) is 31.0 Å². The number of aromatic nitrogens is 1. The second-order valence-corrected chi connectivity index (χ2v) is 5.86. The summed E-state index contributed by atoms with van der Waals surface area (Å²) < 4.78 is 4.96. The van der Waals surface area contributed by atoms with Gasteiger partial charge in [0.15, 0.2) is 6.61 Å². The van der Waals surface area contributed by atoms with Gasteiger partial charge in [-0.25, -0.2) is 4.98 Å². The number of aryl methyl sites for hydroxylation is 2. The van der Waals surface area contributed by atoms with Crippen LogP contribution in [0.1, 0.15) is 23.2 Å². The van der Waals surface area contributed by atoms with Crippen LogP contribution in [0.5, 0.6) is 0 Å². The predicted octanol–water partition coefficient (Wildman–Crippen LogP) is 2.74. The third kappa shape index (κ3) is 4.96. The molecule has 0 saturated carbocycles. The zero-order valence-corrected chi connectivity index (χ0v) is 13.4. The second-order valence-electron chi connectivity index (χ2n) is 4.80. The van der Waals surface area contributed by atoms with E-state index in [0.717, 1.165) is 17.0 Å². The minimum atomic E-state index is -0.456. The van der Waals surface area contributed by atoms with Crippen molar-refractivity contribution in [2.75, 3.05) is 11.9 Å². The molecule has 0 aliphatic rings. The first-order valence-electron chi connectivity index (χ1n) is 7.02. The van der Waals surface area contributed by atoms with Crippen molar-refractivity contribution in [3.8, 4) is 0 Å². The zero-order valence-electron chi connectivity index (χ0n) is 12.6. The van der Waals surface area contributed by atoms with Gasteiger partial charge in [0.2, 0.25) is 0 Å². The van der Waals surface area contributed by atoms with Crippen molar-refractivity contribution in [2.45, 2.75) is 26.7 Å². The first-order valence-corrected chi connectivity index (χ1v) is 7.90. The molecule has 116 valence electrons. The number of amides is 1. The quantitative estimate of drug-likeness (QED) is 0.832. The van der Waals surface area contributed by atoms with Gasteiger partial charge in [0.25, 0.3) is 5.91 Å². The van der Waals surface area contributed by atoms with E-state index in [-0.39, 0.29) is 18.9 Å². The Labute approximate surface area is 133 Å². The third-order valence-electron chi connectivity index (χ3n) is 2.98. The molecule has 5 nitrogen and oxygen atoms in total. The van der Waals surface area contributed by atoms with Crippen molar-refractivity contribution in [3.05, 3.63) is 45.9 Å². The van der Waals surface area contributed by atoms with Crippen LogP contribution in [0.2, 0.25) is 0 Å². The summed E-state index contributed by atoms with van der Waals surface area (Å²) >= 11 is 1.48. The fraction of sp³-hybridized carbons (Fsp3) is 0.312. The molecule has 0 spiro atoms. The van der Waals surface area contributed by atoms with Gasteiger partial charge < -0.3 is 10.1 Å². The van der Waals surface area contributed by atoms with Crippen LogP contribution < -0.4 is 5.32 Å². The first kappa shape index (κ1) is 16.2.